The third kappa shape index (κ3) is 2.65. The summed E-state index contributed by atoms with van der Waals surface area (Å²) in [5.74, 6) is 1.11. The largest absolute Gasteiger partial charge is 0.454 e. The Kier molecular flexibility index (Phi) is 3.56. The smallest absolute Gasteiger partial charge is 0.145 e. The minimum atomic E-state index is -0.106. The van der Waals surface area contributed by atoms with Crippen LogP contribution in [0.3, 0.4) is 0 Å². The normalized spacial score (nSPS) is 11.6. The second-order valence-electron chi connectivity index (χ2n) is 3.92. The molecule has 0 amide bonds. The Morgan fingerprint density at radius 1 is 1.28 bits per heavy atom. The van der Waals surface area contributed by atoms with Gasteiger partial charge in [-0.25, -0.2) is 0 Å². The van der Waals surface area contributed by atoms with Crippen LogP contribution in [0.2, 0.25) is 0 Å². The second-order valence-corrected chi connectivity index (χ2v) is 3.92. The molecule has 0 aliphatic heterocycles. The Balaban J connectivity index is 2.22. The van der Waals surface area contributed by atoms with E-state index in [9.17, 15) is 0 Å². The van der Waals surface area contributed by atoms with Crippen molar-refractivity contribution in [2.24, 2.45) is 5.73 Å². The summed E-state index contributed by atoms with van der Waals surface area (Å²) < 4.78 is 5.61. The molecular weight excluding hydrogens is 226 g/mol. The van der Waals surface area contributed by atoms with E-state index in [4.69, 9.17) is 15.7 Å². The fourth-order valence-electron chi connectivity index (χ4n) is 1.50. The molecule has 0 bridgehead atoms. The average Bonchev–Trinajstić information content (AvgIpc) is 2.40. The second kappa shape index (κ2) is 5.30. The Hall–Kier alpha value is -2.38. The first-order valence-electron chi connectivity index (χ1n) is 5.59. The summed E-state index contributed by atoms with van der Waals surface area (Å²) in [5, 5.41) is 8.95. The van der Waals surface area contributed by atoms with Crippen LogP contribution in [-0.2, 0) is 0 Å². The highest BCUT2D eigenvalue weighted by Gasteiger charge is 2.05. The number of nitriles is 1. The monoisotopic (exact) mass is 239 g/mol. The van der Waals surface area contributed by atoms with Gasteiger partial charge in [0.15, 0.2) is 0 Å². The minimum absolute atomic E-state index is 0.106. The molecule has 2 aromatic rings. The molecule has 0 saturated carbocycles. The number of para-hydroxylation sites is 1. The van der Waals surface area contributed by atoms with E-state index in [1.807, 2.05) is 19.1 Å². The Morgan fingerprint density at radius 2 is 2.06 bits per heavy atom. The number of pyridine rings is 1. The summed E-state index contributed by atoms with van der Waals surface area (Å²) in [6.45, 7) is 1.87. The van der Waals surface area contributed by atoms with Gasteiger partial charge in [0.05, 0.1) is 17.5 Å². The molecule has 90 valence electrons. The van der Waals surface area contributed by atoms with Crippen LogP contribution in [0.4, 0.5) is 0 Å². The van der Waals surface area contributed by atoms with Crippen molar-refractivity contribution in [1.29, 1.82) is 5.26 Å². The van der Waals surface area contributed by atoms with Crippen molar-refractivity contribution in [3.05, 3.63) is 53.9 Å². The molecule has 0 aliphatic rings. The topological polar surface area (TPSA) is 71.9 Å². The summed E-state index contributed by atoms with van der Waals surface area (Å²) >= 11 is 0. The van der Waals surface area contributed by atoms with Crippen molar-refractivity contribution in [2.45, 2.75) is 13.0 Å². The van der Waals surface area contributed by atoms with Gasteiger partial charge in [0.1, 0.15) is 17.6 Å². The number of rotatable bonds is 3. The van der Waals surface area contributed by atoms with Gasteiger partial charge < -0.3 is 10.5 Å². The van der Waals surface area contributed by atoms with Crippen LogP contribution in [0.15, 0.2) is 42.6 Å². The molecule has 0 spiro atoms. The number of benzene rings is 1. The van der Waals surface area contributed by atoms with Crippen LogP contribution < -0.4 is 10.5 Å². The van der Waals surface area contributed by atoms with Crippen molar-refractivity contribution in [1.82, 2.24) is 4.98 Å². The summed E-state index contributed by atoms with van der Waals surface area (Å²) in [7, 11) is 0. The molecule has 1 aromatic carbocycles. The Morgan fingerprint density at radius 3 is 2.67 bits per heavy atom. The fourth-order valence-corrected chi connectivity index (χ4v) is 1.50. The third-order valence-corrected chi connectivity index (χ3v) is 2.46. The van der Waals surface area contributed by atoms with E-state index in [0.29, 0.717) is 17.1 Å². The Labute approximate surface area is 106 Å². The number of ether oxygens (including phenoxy) is 1. The molecule has 18 heavy (non-hydrogen) atoms. The number of hydrogen-bond acceptors (Lipinski definition) is 4. The molecule has 2 rings (SSSR count). The van der Waals surface area contributed by atoms with Crippen LogP contribution in [-0.4, -0.2) is 4.98 Å². The van der Waals surface area contributed by atoms with E-state index in [1.54, 1.807) is 30.5 Å². The van der Waals surface area contributed by atoms with E-state index in [-0.39, 0.29) is 6.04 Å². The van der Waals surface area contributed by atoms with E-state index >= 15 is 0 Å². The zero-order valence-electron chi connectivity index (χ0n) is 10.00. The molecule has 2 N–H and O–H groups in total. The summed E-state index contributed by atoms with van der Waals surface area (Å²) in [4.78, 5) is 4.20. The van der Waals surface area contributed by atoms with Gasteiger partial charge >= 0.3 is 0 Å². The molecule has 4 heteroatoms. The maximum atomic E-state index is 8.95. The van der Waals surface area contributed by atoms with Gasteiger partial charge in [-0.05, 0) is 31.2 Å². The zero-order valence-corrected chi connectivity index (χ0v) is 10.00. The lowest BCUT2D eigenvalue weighted by atomic mass is 10.2. The van der Waals surface area contributed by atoms with E-state index in [0.717, 1.165) is 5.69 Å². The lowest BCUT2D eigenvalue weighted by Crippen LogP contribution is -2.06. The molecule has 1 aromatic heterocycles. The third-order valence-electron chi connectivity index (χ3n) is 2.46. The highest BCUT2D eigenvalue weighted by Crippen LogP contribution is 2.24. The predicted molar refractivity (Wildman–Crippen MR) is 68.1 cm³/mol. The summed E-state index contributed by atoms with van der Waals surface area (Å²) in [6, 6.07) is 12.6. The molecule has 0 saturated heterocycles. The van der Waals surface area contributed by atoms with Gasteiger partial charge in [0, 0.05) is 6.04 Å². The molecule has 0 radical (unpaired) electrons. The van der Waals surface area contributed by atoms with Gasteiger partial charge in [0.25, 0.3) is 0 Å². The summed E-state index contributed by atoms with van der Waals surface area (Å²) in [6.07, 6.45) is 1.60. The predicted octanol–water partition coefficient (Wildman–Crippen LogP) is 2.77. The number of hydrogen-bond donors (Lipinski definition) is 1. The molecule has 4 nitrogen and oxygen atoms in total. The van der Waals surface area contributed by atoms with Crippen LogP contribution in [0.25, 0.3) is 0 Å². The maximum Gasteiger partial charge on any atom is 0.145 e. The number of aromatic nitrogens is 1. The van der Waals surface area contributed by atoms with E-state index in [1.165, 1.54) is 0 Å². The fraction of sp³-hybridized carbons (Fsp3) is 0.143. The first-order chi connectivity index (χ1) is 8.70. The van der Waals surface area contributed by atoms with Crippen molar-refractivity contribution >= 4 is 0 Å². The van der Waals surface area contributed by atoms with Crippen LogP contribution >= 0.6 is 0 Å². The highest BCUT2D eigenvalue weighted by molar-refractivity contribution is 5.44. The minimum Gasteiger partial charge on any atom is -0.454 e. The number of nitrogens with two attached hydrogens (primary N) is 1. The van der Waals surface area contributed by atoms with Crippen LogP contribution in [0.1, 0.15) is 24.2 Å². The Bertz CT molecular complexity index is 570. The van der Waals surface area contributed by atoms with Gasteiger partial charge in [-0.15, -0.1) is 0 Å². The van der Waals surface area contributed by atoms with E-state index < -0.39 is 0 Å². The SMILES string of the molecule is CC(N)c1ccc(Oc2ccccc2C#N)cn1. The van der Waals surface area contributed by atoms with Gasteiger partial charge in [0.2, 0.25) is 0 Å². The molecule has 1 atom stereocenters. The lowest BCUT2D eigenvalue weighted by Gasteiger charge is -2.08. The summed E-state index contributed by atoms with van der Waals surface area (Å²) in [5.41, 5.74) is 7.01. The zero-order chi connectivity index (χ0) is 13.0. The van der Waals surface area contributed by atoms with Crippen molar-refractivity contribution in [2.75, 3.05) is 0 Å². The first-order valence-corrected chi connectivity index (χ1v) is 5.59. The van der Waals surface area contributed by atoms with Gasteiger partial charge in [-0.2, -0.15) is 5.26 Å². The first kappa shape index (κ1) is 12.1. The molecule has 0 fully saturated rings. The number of nitrogens with zero attached hydrogens (tertiary/aromatic N) is 2. The lowest BCUT2D eigenvalue weighted by molar-refractivity contribution is 0.478. The van der Waals surface area contributed by atoms with E-state index in [2.05, 4.69) is 11.1 Å². The van der Waals surface area contributed by atoms with Crippen molar-refractivity contribution in [3.63, 3.8) is 0 Å². The maximum absolute atomic E-state index is 8.95. The molecular formula is C14H13N3O. The molecule has 1 unspecified atom stereocenters. The van der Waals surface area contributed by atoms with Crippen molar-refractivity contribution in [3.8, 4) is 17.6 Å². The highest BCUT2D eigenvalue weighted by atomic mass is 16.5. The van der Waals surface area contributed by atoms with Gasteiger partial charge in [-0.3, -0.25) is 4.98 Å². The van der Waals surface area contributed by atoms with Crippen LogP contribution in [0, 0.1) is 11.3 Å². The standard InChI is InChI=1S/C14H13N3O/c1-10(16)13-7-6-12(9-17-13)18-14-5-3-2-4-11(14)8-15/h2-7,9-10H,16H2,1H3. The quantitative estimate of drug-likeness (QED) is 0.893. The average molecular weight is 239 g/mol. The van der Waals surface area contributed by atoms with Crippen LogP contribution in [0.5, 0.6) is 11.5 Å². The molecule has 0 aliphatic carbocycles. The van der Waals surface area contributed by atoms with Crippen molar-refractivity contribution < 1.29 is 4.74 Å². The van der Waals surface area contributed by atoms with Gasteiger partial charge in [-0.1, -0.05) is 12.1 Å². The molecule has 1 heterocycles.